The molecule has 0 bridgehead atoms. The molecule has 0 aliphatic carbocycles. The van der Waals surface area contributed by atoms with Crippen LogP contribution >= 0.6 is 39.1 Å². The van der Waals surface area contributed by atoms with Crippen molar-refractivity contribution in [3.63, 3.8) is 0 Å². The Labute approximate surface area is 135 Å². The van der Waals surface area contributed by atoms with Crippen molar-refractivity contribution in [1.29, 1.82) is 0 Å². The van der Waals surface area contributed by atoms with Crippen molar-refractivity contribution in [2.24, 2.45) is 0 Å². The highest BCUT2D eigenvalue weighted by Crippen LogP contribution is 2.29. The van der Waals surface area contributed by atoms with Crippen LogP contribution in [0.5, 0.6) is 0 Å². The Hall–Kier alpha value is -0.710. The summed E-state index contributed by atoms with van der Waals surface area (Å²) in [5.41, 5.74) is 1.26. The number of nitrogens with zero attached hydrogens (tertiary/aromatic N) is 2. The van der Waals surface area contributed by atoms with Crippen LogP contribution in [-0.4, -0.2) is 9.97 Å². The molecule has 0 aliphatic heterocycles. The molecule has 0 aliphatic rings. The van der Waals surface area contributed by atoms with Gasteiger partial charge in [-0.15, -0.1) is 0 Å². The number of hydrogen-bond donors (Lipinski definition) is 0. The summed E-state index contributed by atoms with van der Waals surface area (Å²) in [6, 6.07) is 4.87. The van der Waals surface area contributed by atoms with Crippen molar-refractivity contribution in [1.82, 2.24) is 9.97 Å². The zero-order valence-corrected chi connectivity index (χ0v) is 14.0. The van der Waals surface area contributed by atoms with Gasteiger partial charge in [-0.25, -0.2) is 14.4 Å². The molecule has 0 radical (unpaired) electrons. The van der Waals surface area contributed by atoms with Gasteiger partial charge in [-0.1, -0.05) is 49.2 Å². The Balaban J connectivity index is 2.42. The van der Waals surface area contributed by atoms with Crippen molar-refractivity contribution in [2.45, 2.75) is 26.2 Å². The summed E-state index contributed by atoms with van der Waals surface area (Å²) in [5.74, 6) is 0.221. The Bertz CT molecular complexity index is 647. The maximum Gasteiger partial charge on any atom is 0.147 e. The molecule has 2 rings (SSSR count). The largest absolute Gasteiger partial charge is 0.236 e. The topological polar surface area (TPSA) is 25.8 Å². The van der Waals surface area contributed by atoms with E-state index >= 15 is 0 Å². The van der Waals surface area contributed by atoms with E-state index in [1.807, 2.05) is 13.8 Å². The summed E-state index contributed by atoms with van der Waals surface area (Å²) in [7, 11) is 0. The lowest BCUT2D eigenvalue weighted by Crippen LogP contribution is -2.05. The quantitative estimate of drug-likeness (QED) is 0.669. The molecule has 0 saturated carbocycles. The van der Waals surface area contributed by atoms with E-state index in [0.29, 0.717) is 21.0 Å². The van der Waals surface area contributed by atoms with Gasteiger partial charge in [0.05, 0.1) is 15.2 Å². The molecule has 0 spiro atoms. The second kappa shape index (κ2) is 6.37. The number of benzene rings is 1. The first kappa shape index (κ1) is 15.7. The first-order chi connectivity index (χ1) is 9.40. The third kappa shape index (κ3) is 3.30. The minimum absolute atomic E-state index is 0.0924. The average Bonchev–Trinajstić information content (AvgIpc) is 2.38. The summed E-state index contributed by atoms with van der Waals surface area (Å²) in [6.45, 7) is 4.01. The van der Waals surface area contributed by atoms with Crippen LogP contribution in [0.2, 0.25) is 10.2 Å². The molecular formula is C14H12BrCl2FN2. The number of rotatable bonds is 3. The summed E-state index contributed by atoms with van der Waals surface area (Å²) in [6.07, 6.45) is 0.249. The highest BCUT2D eigenvalue weighted by Gasteiger charge is 2.15. The second-order valence-electron chi connectivity index (χ2n) is 4.67. The maximum atomic E-state index is 13.9. The predicted octanol–water partition coefficient (Wildman–Crippen LogP) is 5.40. The molecule has 0 saturated heterocycles. The van der Waals surface area contributed by atoms with Gasteiger partial charge >= 0.3 is 0 Å². The molecule has 2 aromatic rings. The van der Waals surface area contributed by atoms with Crippen LogP contribution in [0, 0.1) is 5.82 Å². The monoisotopic (exact) mass is 376 g/mol. The lowest BCUT2D eigenvalue weighted by Gasteiger charge is -2.11. The van der Waals surface area contributed by atoms with Gasteiger partial charge in [0.25, 0.3) is 0 Å². The van der Waals surface area contributed by atoms with Gasteiger partial charge in [-0.2, -0.15) is 0 Å². The Morgan fingerprint density at radius 2 is 1.95 bits per heavy atom. The molecule has 1 aromatic carbocycles. The van der Waals surface area contributed by atoms with Crippen LogP contribution in [0.25, 0.3) is 0 Å². The van der Waals surface area contributed by atoms with Crippen molar-refractivity contribution < 1.29 is 4.39 Å². The summed E-state index contributed by atoms with van der Waals surface area (Å²) >= 11 is 15.2. The van der Waals surface area contributed by atoms with Gasteiger partial charge in [-0.3, -0.25) is 0 Å². The molecule has 106 valence electrons. The Kier molecular flexibility index (Phi) is 4.99. The Morgan fingerprint density at radius 3 is 2.60 bits per heavy atom. The smallest absolute Gasteiger partial charge is 0.147 e. The summed E-state index contributed by atoms with van der Waals surface area (Å²) in [4.78, 5) is 8.63. The fourth-order valence-electron chi connectivity index (χ4n) is 1.80. The van der Waals surface area contributed by atoms with E-state index in [1.165, 1.54) is 6.07 Å². The standard InChI is InChI=1S/C14H12BrCl2FN2/c1-7(2)13-11(15)14(17)20-10(19-13)6-8-4-3-5-9(16)12(8)18/h3-5,7H,6H2,1-2H3. The molecule has 0 amide bonds. The van der Waals surface area contributed by atoms with Gasteiger partial charge in [0, 0.05) is 6.42 Å². The Morgan fingerprint density at radius 1 is 1.25 bits per heavy atom. The van der Waals surface area contributed by atoms with Crippen molar-refractivity contribution >= 4 is 39.1 Å². The van der Waals surface area contributed by atoms with Crippen LogP contribution in [0.15, 0.2) is 22.7 Å². The first-order valence-corrected chi connectivity index (χ1v) is 7.59. The maximum absolute atomic E-state index is 13.9. The lowest BCUT2D eigenvalue weighted by atomic mass is 10.1. The van der Waals surface area contributed by atoms with Crippen LogP contribution in [0.4, 0.5) is 4.39 Å². The molecule has 20 heavy (non-hydrogen) atoms. The molecule has 6 heteroatoms. The van der Waals surface area contributed by atoms with Crippen LogP contribution < -0.4 is 0 Å². The molecule has 2 nitrogen and oxygen atoms in total. The third-order valence-corrected chi connectivity index (χ3v) is 4.39. The first-order valence-electron chi connectivity index (χ1n) is 6.04. The highest BCUT2D eigenvalue weighted by atomic mass is 79.9. The molecule has 0 N–H and O–H groups in total. The number of aromatic nitrogens is 2. The van der Waals surface area contributed by atoms with Crippen molar-refractivity contribution in [2.75, 3.05) is 0 Å². The van der Waals surface area contributed by atoms with Crippen LogP contribution in [-0.2, 0) is 6.42 Å². The minimum Gasteiger partial charge on any atom is -0.236 e. The molecule has 1 heterocycles. The van der Waals surface area contributed by atoms with E-state index in [1.54, 1.807) is 12.1 Å². The van der Waals surface area contributed by atoms with Gasteiger partial charge < -0.3 is 0 Å². The van der Waals surface area contributed by atoms with Crippen LogP contribution in [0.3, 0.4) is 0 Å². The third-order valence-electron chi connectivity index (χ3n) is 2.81. The van der Waals surface area contributed by atoms with Gasteiger partial charge in [0.2, 0.25) is 0 Å². The highest BCUT2D eigenvalue weighted by molar-refractivity contribution is 9.10. The van der Waals surface area contributed by atoms with Gasteiger partial charge in [-0.05, 0) is 33.5 Å². The number of hydrogen-bond acceptors (Lipinski definition) is 2. The molecule has 0 atom stereocenters. The van der Waals surface area contributed by atoms with Crippen molar-refractivity contribution in [3.8, 4) is 0 Å². The van der Waals surface area contributed by atoms with E-state index in [2.05, 4.69) is 25.9 Å². The summed E-state index contributed by atoms with van der Waals surface area (Å²) in [5, 5.41) is 0.427. The van der Waals surface area contributed by atoms with E-state index in [-0.39, 0.29) is 17.4 Å². The minimum atomic E-state index is -0.442. The SMILES string of the molecule is CC(C)c1nc(Cc2cccc(Cl)c2F)nc(Cl)c1Br. The zero-order chi connectivity index (χ0) is 14.9. The summed E-state index contributed by atoms with van der Waals surface area (Å²) < 4.78 is 14.6. The van der Waals surface area contributed by atoms with Crippen molar-refractivity contribution in [3.05, 3.63) is 55.7 Å². The molecular weight excluding hydrogens is 366 g/mol. The second-order valence-corrected chi connectivity index (χ2v) is 6.23. The average molecular weight is 378 g/mol. The van der Waals surface area contributed by atoms with Crippen LogP contribution in [0.1, 0.15) is 36.8 Å². The normalized spacial score (nSPS) is 11.2. The van der Waals surface area contributed by atoms with Gasteiger partial charge in [0.1, 0.15) is 16.8 Å². The molecule has 1 aromatic heterocycles. The van der Waals surface area contributed by atoms with E-state index in [4.69, 9.17) is 23.2 Å². The number of halogens is 4. The zero-order valence-electron chi connectivity index (χ0n) is 10.9. The fourth-order valence-corrected chi connectivity index (χ4v) is 2.82. The van der Waals surface area contributed by atoms with E-state index in [0.717, 1.165) is 5.69 Å². The van der Waals surface area contributed by atoms with E-state index in [9.17, 15) is 4.39 Å². The van der Waals surface area contributed by atoms with E-state index < -0.39 is 5.82 Å². The van der Waals surface area contributed by atoms with Gasteiger partial charge in [0.15, 0.2) is 0 Å². The predicted molar refractivity (Wildman–Crippen MR) is 83.0 cm³/mol. The molecule has 0 fully saturated rings. The lowest BCUT2D eigenvalue weighted by molar-refractivity contribution is 0.612. The molecule has 0 unspecified atom stereocenters. The fraction of sp³-hybridized carbons (Fsp3) is 0.286.